The molecule has 5 nitrogen and oxygen atoms in total. The zero-order valence-corrected chi connectivity index (χ0v) is 15.7. The maximum atomic E-state index is 11.9. The van der Waals surface area contributed by atoms with E-state index in [-0.39, 0.29) is 5.91 Å². The van der Waals surface area contributed by atoms with Gasteiger partial charge in [-0.25, -0.2) is 4.99 Å². The molecule has 6 heteroatoms. The molecule has 0 spiro atoms. The monoisotopic (exact) mass is 358 g/mol. The molecule has 2 aromatic rings. The Morgan fingerprint density at radius 3 is 2.64 bits per heavy atom. The summed E-state index contributed by atoms with van der Waals surface area (Å²) in [5.74, 6) is 0.747. The van der Waals surface area contributed by atoms with Crippen LogP contribution in [0.1, 0.15) is 34.6 Å². The third-order valence-corrected chi connectivity index (χ3v) is 4.47. The molecule has 0 aliphatic carbocycles. The van der Waals surface area contributed by atoms with Crippen molar-refractivity contribution in [3.8, 4) is 0 Å². The third kappa shape index (κ3) is 6.58. The smallest absolute Gasteiger partial charge is 0.251 e. The van der Waals surface area contributed by atoms with E-state index >= 15 is 0 Å². The van der Waals surface area contributed by atoms with E-state index in [4.69, 9.17) is 0 Å². The average molecular weight is 359 g/mol. The quantitative estimate of drug-likeness (QED) is 0.502. The van der Waals surface area contributed by atoms with E-state index in [1.807, 2.05) is 38.1 Å². The van der Waals surface area contributed by atoms with Crippen LogP contribution >= 0.6 is 11.3 Å². The summed E-state index contributed by atoms with van der Waals surface area (Å²) in [5, 5.41) is 11.5. The highest BCUT2D eigenvalue weighted by Crippen LogP contribution is 2.08. The second kappa shape index (κ2) is 10.5. The van der Waals surface area contributed by atoms with Gasteiger partial charge in [0, 0.05) is 30.1 Å². The van der Waals surface area contributed by atoms with Crippen molar-refractivity contribution in [3.05, 3.63) is 57.8 Å². The lowest BCUT2D eigenvalue weighted by molar-refractivity contribution is 0.0955. The van der Waals surface area contributed by atoms with Gasteiger partial charge >= 0.3 is 0 Å². The first-order valence-electron chi connectivity index (χ1n) is 8.64. The Balaban J connectivity index is 1.93. The van der Waals surface area contributed by atoms with Crippen molar-refractivity contribution in [1.82, 2.24) is 16.0 Å². The van der Waals surface area contributed by atoms with Crippen molar-refractivity contribution < 1.29 is 4.79 Å². The van der Waals surface area contributed by atoms with Crippen LogP contribution in [0.2, 0.25) is 0 Å². The summed E-state index contributed by atoms with van der Waals surface area (Å²) in [5.41, 5.74) is 1.68. The number of thiophene rings is 1. The molecule has 3 N–H and O–H groups in total. The summed E-state index contributed by atoms with van der Waals surface area (Å²) >= 11 is 1.77. The van der Waals surface area contributed by atoms with E-state index in [9.17, 15) is 4.79 Å². The van der Waals surface area contributed by atoms with Gasteiger partial charge in [-0.3, -0.25) is 4.79 Å². The fourth-order valence-electron chi connectivity index (χ4n) is 2.34. The number of carbonyl (C=O) groups is 1. The largest absolute Gasteiger partial charge is 0.357 e. The number of guanidine groups is 1. The number of hydrogen-bond acceptors (Lipinski definition) is 3. The van der Waals surface area contributed by atoms with E-state index in [0.717, 1.165) is 31.0 Å². The van der Waals surface area contributed by atoms with Crippen LogP contribution in [-0.4, -0.2) is 31.5 Å². The second-order valence-corrected chi connectivity index (χ2v) is 6.54. The molecule has 0 saturated carbocycles. The van der Waals surface area contributed by atoms with Crippen molar-refractivity contribution >= 4 is 23.2 Å². The fourth-order valence-corrected chi connectivity index (χ4v) is 3.05. The van der Waals surface area contributed by atoms with Crippen molar-refractivity contribution in [2.75, 3.05) is 19.6 Å². The first-order chi connectivity index (χ1) is 12.2. The molecular formula is C19H26N4OS. The highest BCUT2D eigenvalue weighted by atomic mass is 32.1. The summed E-state index contributed by atoms with van der Waals surface area (Å²) in [7, 11) is 0. The van der Waals surface area contributed by atoms with Crippen LogP contribution in [0.3, 0.4) is 0 Å². The molecule has 0 bridgehead atoms. The van der Waals surface area contributed by atoms with Gasteiger partial charge in [-0.1, -0.05) is 18.2 Å². The summed E-state index contributed by atoms with van der Waals surface area (Å²) in [4.78, 5) is 17.9. The van der Waals surface area contributed by atoms with Gasteiger partial charge in [0.25, 0.3) is 5.91 Å². The Kier molecular flexibility index (Phi) is 7.98. The molecule has 1 aromatic heterocycles. The molecule has 0 fully saturated rings. The molecule has 0 saturated heterocycles. The Hall–Kier alpha value is -2.34. The molecule has 2 rings (SSSR count). The molecule has 0 unspecified atom stereocenters. The standard InChI is InChI=1S/C19H26N4OS/c1-3-20-18(24)16-8-5-7-15(13-16)14-23-19(21-4-2)22-11-10-17-9-6-12-25-17/h5-9,12-13H,3-4,10-11,14H2,1-2H3,(H,20,24)(H2,21,22,23). The molecule has 1 amide bonds. The number of nitrogens with zero attached hydrogens (tertiary/aromatic N) is 1. The molecular weight excluding hydrogens is 332 g/mol. The number of nitrogens with one attached hydrogen (secondary N) is 3. The molecule has 134 valence electrons. The van der Waals surface area contributed by atoms with E-state index < -0.39 is 0 Å². The molecule has 25 heavy (non-hydrogen) atoms. The number of benzene rings is 1. The molecule has 0 aliphatic heterocycles. The van der Waals surface area contributed by atoms with E-state index in [0.29, 0.717) is 18.7 Å². The summed E-state index contributed by atoms with van der Waals surface area (Å²) in [6.07, 6.45) is 0.981. The Morgan fingerprint density at radius 2 is 1.92 bits per heavy atom. The van der Waals surface area contributed by atoms with Crippen molar-refractivity contribution in [2.24, 2.45) is 4.99 Å². The van der Waals surface area contributed by atoms with E-state index in [1.165, 1.54) is 4.88 Å². The van der Waals surface area contributed by atoms with Gasteiger partial charge in [-0.15, -0.1) is 11.3 Å². The number of carbonyl (C=O) groups excluding carboxylic acids is 1. The van der Waals surface area contributed by atoms with Gasteiger partial charge in [-0.2, -0.15) is 0 Å². The van der Waals surface area contributed by atoms with Crippen LogP contribution in [-0.2, 0) is 13.0 Å². The summed E-state index contributed by atoms with van der Waals surface area (Å²) in [6, 6.07) is 11.8. The number of rotatable bonds is 8. The predicted octanol–water partition coefficient (Wildman–Crippen LogP) is 2.80. The molecule has 1 aromatic carbocycles. The van der Waals surface area contributed by atoms with Crippen molar-refractivity contribution in [1.29, 1.82) is 0 Å². The number of hydrogen-bond donors (Lipinski definition) is 3. The lowest BCUT2D eigenvalue weighted by Crippen LogP contribution is -2.38. The normalized spacial score (nSPS) is 11.2. The predicted molar refractivity (Wildman–Crippen MR) is 105 cm³/mol. The second-order valence-electron chi connectivity index (χ2n) is 5.51. The van der Waals surface area contributed by atoms with Gasteiger partial charge in [0.05, 0.1) is 6.54 Å². The number of aliphatic imine (C=N–C) groups is 1. The van der Waals surface area contributed by atoms with Crippen LogP contribution in [0.15, 0.2) is 46.8 Å². The zero-order chi connectivity index (χ0) is 17.9. The minimum atomic E-state index is -0.0469. The van der Waals surface area contributed by atoms with Gasteiger partial charge in [-0.05, 0) is 49.4 Å². The number of amides is 1. The SMILES string of the molecule is CCNC(=O)c1cccc(CN=C(NCC)NCCc2cccs2)c1. The average Bonchev–Trinajstić information content (AvgIpc) is 3.13. The van der Waals surface area contributed by atoms with Crippen LogP contribution in [0, 0.1) is 0 Å². The summed E-state index contributed by atoms with van der Waals surface area (Å²) < 4.78 is 0. The highest BCUT2D eigenvalue weighted by Gasteiger charge is 2.05. The first-order valence-corrected chi connectivity index (χ1v) is 9.52. The zero-order valence-electron chi connectivity index (χ0n) is 14.8. The third-order valence-electron chi connectivity index (χ3n) is 3.53. The van der Waals surface area contributed by atoms with Crippen LogP contribution in [0.5, 0.6) is 0 Å². The first kappa shape index (κ1) is 19.0. The van der Waals surface area contributed by atoms with Crippen LogP contribution in [0.25, 0.3) is 0 Å². The van der Waals surface area contributed by atoms with Crippen molar-refractivity contribution in [3.63, 3.8) is 0 Å². The van der Waals surface area contributed by atoms with Gasteiger partial charge in [0.1, 0.15) is 0 Å². The molecule has 1 heterocycles. The van der Waals surface area contributed by atoms with Gasteiger partial charge < -0.3 is 16.0 Å². The minimum Gasteiger partial charge on any atom is -0.357 e. The fraction of sp³-hybridized carbons (Fsp3) is 0.368. The molecule has 0 aliphatic rings. The molecule has 0 radical (unpaired) electrons. The van der Waals surface area contributed by atoms with Gasteiger partial charge in [0.15, 0.2) is 5.96 Å². The Bertz CT molecular complexity index is 682. The minimum absolute atomic E-state index is 0.0469. The molecule has 0 atom stereocenters. The topological polar surface area (TPSA) is 65.5 Å². The Labute approximate surface area is 153 Å². The lowest BCUT2D eigenvalue weighted by atomic mass is 10.1. The maximum absolute atomic E-state index is 11.9. The van der Waals surface area contributed by atoms with Crippen LogP contribution in [0.4, 0.5) is 0 Å². The van der Waals surface area contributed by atoms with E-state index in [2.05, 4.69) is 38.5 Å². The van der Waals surface area contributed by atoms with Gasteiger partial charge in [0.2, 0.25) is 0 Å². The van der Waals surface area contributed by atoms with E-state index in [1.54, 1.807) is 11.3 Å². The lowest BCUT2D eigenvalue weighted by Gasteiger charge is -2.11. The van der Waals surface area contributed by atoms with Crippen molar-refractivity contribution in [2.45, 2.75) is 26.8 Å². The Morgan fingerprint density at radius 1 is 1.08 bits per heavy atom. The highest BCUT2D eigenvalue weighted by molar-refractivity contribution is 7.09. The van der Waals surface area contributed by atoms with Crippen LogP contribution < -0.4 is 16.0 Å². The summed E-state index contributed by atoms with van der Waals surface area (Å²) in [6.45, 7) is 6.76. The maximum Gasteiger partial charge on any atom is 0.251 e.